The van der Waals surface area contributed by atoms with Crippen LogP contribution in [0.15, 0.2) is 24.3 Å². The molecule has 0 spiro atoms. The van der Waals surface area contributed by atoms with Crippen molar-refractivity contribution in [3.05, 3.63) is 29.8 Å². The Hall–Kier alpha value is -1.55. The summed E-state index contributed by atoms with van der Waals surface area (Å²) in [5, 5.41) is 6.25. The molecule has 1 aromatic carbocycles. The number of methoxy groups -OCH3 is 1. The summed E-state index contributed by atoms with van der Waals surface area (Å²) in [4.78, 5) is 11.9. The largest absolute Gasteiger partial charge is 0.496 e. The van der Waals surface area contributed by atoms with Gasteiger partial charge in [-0.1, -0.05) is 24.6 Å². The number of ether oxygens (including phenoxy) is 1. The monoisotopic (exact) mass is 262 g/mol. The summed E-state index contributed by atoms with van der Waals surface area (Å²) in [6.45, 7) is 1.60. The van der Waals surface area contributed by atoms with Gasteiger partial charge in [-0.15, -0.1) is 0 Å². The molecule has 1 aliphatic rings. The van der Waals surface area contributed by atoms with Crippen LogP contribution < -0.4 is 15.4 Å². The number of carbonyl (C=O) groups excluding carboxylic acids is 1. The summed E-state index contributed by atoms with van der Waals surface area (Å²) in [7, 11) is 1.67. The molecule has 2 N–H and O–H groups in total. The Labute approximate surface area is 114 Å². The van der Waals surface area contributed by atoms with Gasteiger partial charge in [0.1, 0.15) is 5.75 Å². The number of para-hydroxylation sites is 1. The first-order valence-electron chi connectivity index (χ1n) is 6.94. The van der Waals surface area contributed by atoms with Crippen molar-refractivity contribution in [2.24, 2.45) is 0 Å². The van der Waals surface area contributed by atoms with Gasteiger partial charge in [0.25, 0.3) is 0 Å². The van der Waals surface area contributed by atoms with Crippen LogP contribution in [0.3, 0.4) is 0 Å². The van der Waals surface area contributed by atoms with E-state index in [4.69, 9.17) is 4.74 Å². The number of nitrogens with one attached hydrogen (secondary N) is 2. The first kappa shape index (κ1) is 13.9. The van der Waals surface area contributed by atoms with E-state index >= 15 is 0 Å². The molecule has 1 saturated heterocycles. The van der Waals surface area contributed by atoms with Gasteiger partial charge in [-0.2, -0.15) is 0 Å². The molecule has 4 nitrogen and oxygen atoms in total. The van der Waals surface area contributed by atoms with Crippen LogP contribution in [-0.4, -0.2) is 32.1 Å². The Balaban J connectivity index is 1.78. The maximum atomic E-state index is 11.9. The number of amides is 1. The molecule has 0 aliphatic carbocycles. The lowest BCUT2D eigenvalue weighted by molar-refractivity contribution is -0.123. The molecule has 2 rings (SSSR count). The molecule has 0 unspecified atom stereocenters. The maximum Gasteiger partial charge on any atom is 0.237 e. The summed E-state index contributed by atoms with van der Waals surface area (Å²) in [6.07, 6.45) is 4.05. The minimum absolute atomic E-state index is 0.00795. The average molecular weight is 262 g/mol. The predicted molar refractivity (Wildman–Crippen MR) is 75.3 cm³/mol. The summed E-state index contributed by atoms with van der Waals surface area (Å²) >= 11 is 0. The van der Waals surface area contributed by atoms with E-state index in [1.807, 2.05) is 24.3 Å². The molecule has 1 aliphatic heterocycles. The highest BCUT2D eigenvalue weighted by Gasteiger charge is 2.19. The standard InChI is InChI=1S/C15H22N2O2/c1-19-14-8-3-2-6-12(14)9-11-17-15(18)13-7-4-5-10-16-13/h2-3,6,8,13,16H,4-5,7,9-11H2,1H3,(H,17,18)/t13-/m1/s1. The van der Waals surface area contributed by atoms with Crippen LogP contribution in [0, 0.1) is 0 Å². The van der Waals surface area contributed by atoms with Crippen molar-refractivity contribution in [2.45, 2.75) is 31.7 Å². The fourth-order valence-corrected chi connectivity index (χ4v) is 2.43. The van der Waals surface area contributed by atoms with Crippen LogP contribution in [0.4, 0.5) is 0 Å². The highest BCUT2D eigenvalue weighted by molar-refractivity contribution is 5.81. The molecular weight excluding hydrogens is 240 g/mol. The first-order chi connectivity index (χ1) is 9.31. The summed E-state index contributed by atoms with van der Waals surface area (Å²) < 4.78 is 5.29. The first-order valence-corrected chi connectivity index (χ1v) is 6.94. The number of piperidine rings is 1. The zero-order chi connectivity index (χ0) is 13.5. The fourth-order valence-electron chi connectivity index (χ4n) is 2.43. The molecule has 1 atom stereocenters. The van der Waals surface area contributed by atoms with Crippen LogP contribution in [0.5, 0.6) is 5.75 Å². The Morgan fingerprint density at radius 2 is 2.26 bits per heavy atom. The van der Waals surface area contributed by atoms with Crippen molar-refractivity contribution in [2.75, 3.05) is 20.2 Å². The molecule has 0 aromatic heterocycles. The van der Waals surface area contributed by atoms with Crippen molar-refractivity contribution < 1.29 is 9.53 Å². The number of benzene rings is 1. The van der Waals surface area contributed by atoms with Gasteiger partial charge in [0, 0.05) is 6.54 Å². The minimum atomic E-state index is -0.00795. The van der Waals surface area contributed by atoms with E-state index in [1.165, 1.54) is 6.42 Å². The Morgan fingerprint density at radius 3 is 3.00 bits per heavy atom. The zero-order valence-electron chi connectivity index (χ0n) is 11.4. The Kier molecular flexibility index (Phi) is 5.21. The van der Waals surface area contributed by atoms with Crippen molar-refractivity contribution in [1.82, 2.24) is 10.6 Å². The molecule has 4 heteroatoms. The molecule has 0 bridgehead atoms. The van der Waals surface area contributed by atoms with E-state index in [1.54, 1.807) is 7.11 Å². The number of rotatable bonds is 5. The van der Waals surface area contributed by atoms with E-state index in [0.717, 1.165) is 37.1 Å². The second-order valence-electron chi connectivity index (χ2n) is 4.86. The molecule has 1 aromatic rings. The van der Waals surface area contributed by atoms with Gasteiger partial charge in [-0.05, 0) is 37.4 Å². The lowest BCUT2D eigenvalue weighted by atomic mass is 10.0. The van der Waals surface area contributed by atoms with Gasteiger partial charge in [0.15, 0.2) is 0 Å². The third-order valence-electron chi connectivity index (χ3n) is 3.51. The second-order valence-corrected chi connectivity index (χ2v) is 4.86. The quantitative estimate of drug-likeness (QED) is 0.845. The van der Waals surface area contributed by atoms with E-state index in [0.29, 0.717) is 6.54 Å². The normalized spacial score (nSPS) is 18.9. The topological polar surface area (TPSA) is 50.4 Å². The van der Waals surface area contributed by atoms with E-state index < -0.39 is 0 Å². The second kappa shape index (κ2) is 7.14. The predicted octanol–water partition coefficient (Wildman–Crippen LogP) is 1.50. The lowest BCUT2D eigenvalue weighted by Crippen LogP contribution is -2.47. The van der Waals surface area contributed by atoms with Crippen molar-refractivity contribution >= 4 is 5.91 Å². The van der Waals surface area contributed by atoms with Crippen molar-refractivity contribution in [3.63, 3.8) is 0 Å². The summed E-state index contributed by atoms with van der Waals surface area (Å²) in [5.74, 6) is 1.00. The third-order valence-corrected chi connectivity index (χ3v) is 3.51. The molecular formula is C15H22N2O2. The minimum Gasteiger partial charge on any atom is -0.496 e. The molecule has 104 valence electrons. The van der Waals surface area contributed by atoms with Crippen LogP contribution in [-0.2, 0) is 11.2 Å². The Morgan fingerprint density at radius 1 is 1.42 bits per heavy atom. The van der Waals surface area contributed by atoms with Crippen LogP contribution in [0.2, 0.25) is 0 Å². The fraction of sp³-hybridized carbons (Fsp3) is 0.533. The van der Waals surface area contributed by atoms with Gasteiger partial charge < -0.3 is 15.4 Å². The van der Waals surface area contributed by atoms with Gasteiger partial charge in [0.05, 0.1) is 13.2 Å². The highest BCUT2D eigenvalue weighted by atomic mass is 16.5. The molecule has 1 heterocycles. The van der Waals surface area contributed by atoms with Crippen molar-refractivity contribution in [3.8, 4) is 5.75 Å². The number of carbonyl (C=O) groups is 1. The molecule has 19 heavy (non-hydrogen) atoms. The van der Waals surface area contributed by atoms with Crippen molar-refractivity contribution in [1.29, 1.82) is 0 Å². The van der Waals surface area contributed by atoms with E-state index in [-0.39, 0.29) is 11.9 Å². The highest BCUT2D eigenvalue weighted by Crippen LogP contribution is 2.17. The summed E-state index contributed by atoms with van der Waals surface area (Å²) in [5.41, 5.74) is 1.13. The van der Waals surface area contributed by atoms with Gasteiger partial charge in [-0.3, -0.25) is 4.79 Å². The van der Waals surface area contributed by atoms with Gasteiger partial charge in [-0.25, -0.2) is 0 Å². The van der Waals surface area contributed by atoms with Gasteiger partial charge in [0.2, 0.25) is 5.91 Å². The van der Waals surface area contributed by atoms with E-state index in [2.05, 4.69) is 10.6 Å². The van der Waals surface area contributed by atoms with Gasteiger partial charge >= 0.3 is 0 Å². The average Bonchev–Trinajstić information content (AvgIpc) is 2.48. The Bertz CT molecular complexity index is 414. The molecule has 0 radical (unpaired) electrons. The lowest BCUT2D eigenvalue weighted by Gasteiger charge is -2.22. The zero-order valence-corrected chi connectivity index (χ0v) is 11.4. The van der Waals surface area contributed by atoms with Crippen LogP contribution in [0.1, 0.15) is 24.8 Å². The number of hydrogen-bond donors (Lipinski definition) is 2. The number of hydrogen-bond acceptors (Lipinski definition) is 3. The molecule has 1 fully saturated rings. The summed E-state index contributed by atoms with van der Waals surface area (Å²) in [6, 6.07) is 7.91. The smallest absolute Gasteiger partial charge is 0.237 e. The molecule has 0 saturated carbocycles. The third kappa shape index (κ3) is 3.96. The van der Waals surface area contributed by atoms with Crippen LogP contribution >= 0.6 is 0 Å². The van der Waals surface area contributed by atoms with E-state index in [9.17, 15) is 4.79 Å². The van der Waals surface area contributed by atoms with Crippen LogP contribution in [0.25, 0.3) is 0 Å². The maximum absolute atomic E-state index is 11.9. The SMILES string of the molecule is COc1ccccc1CCNC(=O)[C@H]1CCCCN1. The molecule has 1 amide bonds.